The molecule has 0 unspecified atom stereocenters. The SMILES string of the molecule is CN(C)CCN(C(=O)c1cc([N+](=O)[O-])cc([N+](=O)[O-])c1)c1nc2ccccc2s1.Cl. The van der Waals surface area contributed by atoms with E-state index in [-0.39, 0.29) is 24.5 Å². The van der Waals surface area contributed by atoms with Crippen molar-refractivity contribution in [1.29, 1.82) is 0 Å². The molecule has 0 bridgehead atoms. The lowest BCUT2D eigenvalue weighted by Crippen LogP contribution is -2.36. The molecule has 0 N–H and O–H groups in total. The molecule has 12 heteroatoms. The van der Waals surface area contributed by atoms with Crippen LogP contribution in [0.2, 0.25) is 0 Å². The van der Waals surface area contributed by atoms with Gasteiger partial charge in [-0.3, -0.25) is 29.9 Å². The van der Waals surface area contributed by atoms with Crippen molar-refractivity contribution in [3.05, 3.63) is 68.3 Å². The molecule has 1 amide bonds. The standard InChI is InChI=1S/C18H17N5O5S.ClH/c1-20(2)7-8-21(18-19-15-5-3-4-6-16(15)29-18)17(24)12-9-13(22(25)26)11-14(10-12)23(27)28;/h3-6,9-11H,7-8H2,1-2H3;1H. The molecule has 0 radical (unpaired) electrons. The minimum Gasteiger partial charge on any atom is -0.308 e. The topological polar surface area (TPSA) is 123 Å². The van der Waals surface area contributed by atoms with Gasteiger partial charge in [-0.05, 0) is 26.2 Å². The number of fused-ring (bicyclic) bond motifs is 1. The zero-order valence-corrected chi connectivity index (χ0v) is 17.7. The summed E-state index contributed by atoms with van der Waals surface area (Å²) in [5.74, 6) is -0.585. The van der Waals surface area contributed by atoms with Gasteiger partial charge in [0.15, 0.2) is 5.13 Å². The highest BCUT2D eigenvalue weighted by molar-refractivity contribution is 7.22. The molecule has 2 aromatic carbocycles. The van der Waals surface area contributed by atoms with Crippen LogP contribution in [0.5, 0.6) is 0 Å². The van der Waals surface area contributed by atoms with Gasteiger partial charge < -0.3 is 4.90 Å². The zero-order valence-electron chi connectivity index (χ0n) is 16.0. The second kappa shape index (κ2) is 9.57. The molecule has 0 aliphatic carbocycles. The molecule has 3 rings (SSSR count). The van der Waals surface area contributed by atoms with Crippen molar-refractivity contribution in [3.8, 4) is 0 Å². The van der Waals surface area contributed by atoms with Crippen LogP contribution in [0.25, 0.3) is 10.2 Å². The van der Waals surface area contributed by atoms with Crippen LogP contribution in [-0.4, -0.2) is 52.8 Å². The van der Waals surface area contributed by atoms with Crippen molar-refractivity contribution in [2.24, 2.45) is 0 Å². The number of carbonyl (C=O) groups excluding carboxylic acids is 1. The largest absolute Gasteiger partial charge is 0.308 e. The van der Waals surface area contributed by atoms with Crippen molar-refractivity contribution >= 4 is 56.4 Å². The van der Waals surface area contributed by atoms with Gasteiger partial charge in [-0.1, -0.05) is 23.5 Å². The van der Waals surface area contributed by atoms with Crippen LogP contribution in [0.3, 0.4) is 0 Å². The van der Waals surface area contributed by atoms with Gasteiger partial charge in [-0.2, -0.15) is 0 Å². The Morgan fingerprint density at radius 1 is 1.03 bits per heavy atom. The Labute approximate surface area is 181 Å². The van der Waals surface area contributed by atoms with E-state index >= 15 is 0 Å². The van der Waals surface area contributed by atoms with Crippen LogP contribution in [0.4, 0.5) is 16.5 Å². The molecule has 1 heterocycles. The number of nitro benzene ring substituents is 2. The highest BCUT2D eigenvalue weighted by Crippen LogP contribution is 2.31. The molecular weight excluding hydrogens is 434 g/mol. The summed E-state index contributed by atoms with van der Waals surface area (Å²) in [5.41, 5.74) is -0.442. The maximum atomic E-state index is 13.2. The maximum absolute atomic E-state index is 13.2. The number of thiazole rings is 1. The molecule has 0 aliphatic rings. The summed E-state index contributed by atoms with van der Waals surface area (Å²) in [6, 6.07) is 10.3. The Kier molecular flexibility index (Phi) is 7.38. The molecule has 0 fully saturated rings. The number of nitrogens with zero attached hydrogens (tertiary/aromatic N) is 5. The summed E-state index contributed by atoms with van der Waals surface area (Å²) < 4.78 is 0.884. The molecule has 30 heavy (non-hydrogen) atoms. The normalized spacial score (nSPS) is 10.6. The minimum atomic E-state index is -0.758. The summed E-state index contributed by atoms with van der Waals surface area (Å²) in [4.78, 5) is 41.8. The number of rotatable bonds is 7. The van der Waals surface area contributed by atoms with Crippen molar-refractivity contribution in [2.45, 2.75) is 0 Å². The first kappa shape index (κ1) is 23.1. The number of anilines is 1. The Bertz CT molecular complexity index is 1040. The summed E-state index contributed by atoms with van der Waals surface area (Å²) in [6.45, 7) is 0.779. The lowest BCUT2D eigenvalue weighted by molar-refractivity contribution is -0.394. The van der Waals surface area contributed by atoms with E-state index in [1.165, 1.54) is 16.2 Å². The van der Waals surface area contributed by atoms with Gasteiger partial charge in [0.25, 0.3) is 17.3 Å². The second-order valence-electron chi connectivity index (χ2n) is 6.48. The van der Waals surface area contributed by atoms with E-state index in [1.54, 1.807) is 0 Å². The monoisotopic (exact) mass is 451 g/mol. The van der Waals surface area contributed by atoms with Gasteiger partial charge in [0.1, 0.15) is 0 Å². The van der Waals surface area contributed by atoms with E-state index in [1.807, 2.05) is 43.3 Å². The van der Waals surface area contributed by atoms with Crippen LogP contribution in [0.15, 0.2) is 42.5 Å². The molecule has 1 aromatic heterocycles. The number of aromatic nitrogens is 1. The molecule has 158 valence electrons. The van der Waals surface area contributed by atoms with E-state index in [4.69, 9.17) is 0 Å². The number of para-hydroxylation sites is 1. The molecule has 0 atom stereocenters. The quantitative estimate of drug-likeness (QED) is 0.396. The number of hydrogen-bond acceptors (Lipinski definition) is 8. The van der Waals surface area contributed by atoms with Gasteiger partial charge in [-0.25, -0.2) is 4.98 Å². The third kappa shape index (κ3) is 5.06. The molecule has 0 spiro atoms. The minimum absolute atomic E-state index is 0. The first-order chi connectivity index (χ1) is 13.8. The molecule has 0 aliphatic heterocycles. The summed E-state index contributed by atoms with van der Waals surface area (Å²) in [5, 5.41) is 22.8. The average Bonchev–Trinajstić information content (AvgIpc) is 3.11. The number of benzene rings is 2. The summed E-state index contributed by atoms with van der Waals surface area (Å²) in [6.07, 6.45) is 0. The number of non-ortho nitro benzene ring substituents is 2. The Morgan fingerprint density at radius 3 is 2.17 bits per heavy atom. The molecule has 0 saturated carbocycles. The smallest absolute Gasteiger partial charge is 0.277 e. The fourth-order valence-corrected chi connectivity index (χ4v) is 3.63. The van der Waals surface area contributed by atoms with Gasteiger partial charge in [0.2, 0.25) is 0 Å². The Morgan fingerprint density at radius 2 is 1.63 bits per heavy atom. The van der Waals surface area contributed by atoms with Crippen LogP contribution < -0.4 is 4.90 Å². The van der Waals surface area contributed by atoms with E-state index < -0.39 is 27.1 Å². The van der Waals surface area contributed by atoms with Gasteiger partial charge in [0.05, 0.1) is 31.7 Å². The van der Waals surface area contributed by atoms with Crippen molar-refractivity contribution in [3.63, 3.8) is 0 Å². The van der Waals surface area contributed by atoms with Crippen LogP contribution in [-0.2, 0) is 0 Å². The third-order valence-electron chi connectivity index (χ3n) is 4.10. The van der Waals surface area contributed by atoms with Gasteiger partial charge >= 0.3 is 0 Å². The number of nitro groups is 2. The van der Waals surface area contributed by atoms with Crippen LogP contribution in [0.1, 0.15) is 10.4 Å². The number of likely N-dealkylation sites (N-methyl/N-ethyl adjacent to an activating group) is 1. The van der Waals surface area contributed by atoms with E-state index in [0.29, 0.717) is 11.7 Å². The van der Waals surface area contributed by atoms with Crippen LogP contribution >= 0.6 is 23.7 Å². The number of halogens is 1. The van der Waals surface area contributed by atoms with Crippen LogP contribution in [0, 0.1) is 20.2 Å². The maximum Gasteiger partial charge on any atom is 0.277 e. The number of hydrogen-bond donors (Lipinski definition) is 0. The third-order valence-corrected chi connectivity index (χ3v) is 5.16. The fourth-order valence-electron chi connectivity index (χ4n) is 2.64. The first-order valence-corrected chi connectivity index (χ1v) is 9.34. The van der Waals surface area contributed by atoms with Crippen molar-refractivity contribution in [1.82, 2.24) is 9.88 Å². The highest BCUT2D eigenvalue weighted by Gasteiger charge is 2.26. The number of carbonyl (C=O) groups is 1. The van der Waals surface area contributed by atoms with Gasteiger partial charge in [-0.15, -0.1) is 12.4 Å². The summed E-state index contributed by atoms with van der Waals surface area (Å²) in [7, 11) is 3.69. The average molecular weight is 452 g/mol. The van der Waals surface area contributed by atoms with E-state index in [9.17, 15) is 25.0 Å². The predicted molar refractivity (Wildman–Crippen MR) is 117 cm³/mol. The first-order valence-electron chi connectivity index (χ1n) is 8.52. The van der Waals surface area contributed by atoms with Gasteiger partial charge in [0, 0.05) is 25.2 Å². The molecule has 0 saturated heterocycles. The molecule has 10 nitrogen and oxygen atoms in total. The Hall–Kier alpha value is -3.15. The van der Waals surface area contributed by atoms with Crippen molar-refractivity contribution in [2.75, 3.05) is 32.1 Å². The second-order valence-corrected chi connectivity index (χ2v) is 7.49. The highest BCUT2D eigenvalue weighted by atomic mass is 35.5. The summed E-state index contributed by atoms with van der Waals surface area (Å²) >= 11 is 1.31. The fraction of sp³-hybridized carbons (Fsp3) is 0.222. The van der Waals surface area contributed by atoms with E-state index in [0.717, 1.165) is 28.4 Å². The van der Waals surface area contributed by atoms with Crippen molar-refractivity contribution < 1.29 is 14.6 Å². The molecular formula is C18H18ClN5O5S. The molecule has 3 aromatic rings. The van der Waals surface area contributed by atoms with E-state index in [2.05, 4.69) is 4.98 Å². The lowest BCUT2D eigenvalue weighted by atomic mass is 10.1. The zero-order chi connectivity index (χ0) is 21.1. The number of amides is 1. The predicted octanol–water partition coefficient (Wildman–Crippen LogP) is 3.74. The Balaban J connectivity index is 0.00000320. The lowest BCUT2D eigenvalue weighted by Gasteiger charge is -2.22.